The molecule has 0 atom stereocenters. The van der Waals surface area contributed by atoms with Crippen molar-refractivity contribution < 1.29 is 61.3 Å². The first-order chi connectivity index (χ1) is 4.30. The Hall–Kier alpha value is 1.81. The summed E-state index contributed by atoms with van der Waals surface area (Å²) in [6, 6.07) is 0. The monoisotopic (exact) mass is 202 g/mol. The smallest absolute Gasteiger partial charge is 0.548 e. The molecule has 5 heteroatoms. The molecular weight excluding hydrogens is 195 g/mol. The molecule has 1 heterocycles. The van der Waals surface area contributed by atoms with Gasteiger partial charge in [0.05, 0.1) is 10.6 Å². The summed E-state index contributed by atoms with van der Waals surface area (Å²) in [5.74, 6) is 1.00. The van der Waals surface area contributed by atoms with Crippen molar-refractivity contribution in [3.63, 3.8) is 0 Å². The van der Waals surface area contributed by atoms with E-state index in [0.717, 1.165) is 17.9 Å². The van der Waals surface area contributed by atoms with Crippen molar-refractivity contribution in [1.29, 1.82) is 0 Å². The van der Waals surface area contributed by atoms with Gasteiger partial charge in [0.1, 0.15) is 0 Å². The molecular formula is C5H7KO2S2. The first-order valence-corrected chi connectivity index (χ1v) is 4.84. The quantitative estimate of drug-likeness (QED) is 0.423. The first kappa shape index (κ1) is 11.8. The normalized spacial score (nSPS) is 19.6. The number of aliphatic carboxylic acids is 1. The molecule has 1 aliphatic heterocycles. The molecule has 0 aliphatic carbocycles. The van der Waals surface area contributed by atoms with Crippen molar-refractivity contribution in [2.24, 2.45) is 0 Å². The summed E-state index contributed by atoms with van der Waals surface area (Å²) in [6.07, 6.45) is 1.12. The van der Waals surface area contributed by atoms with E-state index in [1.807, 2.05) is 0 Å². The van der Waals surface area contributed by atoms with Crippen molar-refractivity contribution in [2.75, 3.05) is 11.5 Å². The molecule has 0 N–H and O–H groups in total. The zero-order valence-electron chi connectivity index (χ0n) is 5.83. The van der Waals surface area contributed by atoms with Gasteiger partial charge in [0.2, 0.25) is 0 Å². The van der Waals surface area contributed by atoms with Crippen molar-refractivity contribution in [3.05, 3.63) is 0 Å². The number of hydrogen-bond donors (Lipinski definition) is 0. The number of thioether (sulfide) groups is 2. The van der Waals surface area contributed by atoms with Crippen LogP contribution in [0.2, 0.25) is 0 Å². The zero-order valence-corrected chi connectivity index (χ0v) is 10.6. The van der Waals surface area contributed by atoms with Crippen LogP contribution < -0.4 is 56.5 Å². The van der Waals surface area contributed by atoms with E-state index in [0.29, 0.717) is 0 Å². The third-order valence-corrected chi connectivity index (χ3v) is 3.88. The number of hydrogen-bond acceptors (Lipinski definition) is 4. The second kappa shape index (κ2) is 6.34. The van der Waals surface area contributed by atoms with Crippen LogP contribution in [0.15, 0.2) is 0 Å². The number of carboxylic acids is 1. The minimum Gasteiger partial charge on any atom is -0.548 e. The van der Waals surface area contributed by atoms with Crippen LogP contribution in [0.4, 0.5) is 0 Å². The van der Waals surface area contributed by atoms with E-state index in [1.54, 1.807) is 0 Å². The van der Waals surface area contributed by atoms with Gasteiger partial charge in [-0.05, 0) is 17.9 Å². The van der Waals surface area contributed by atoms with Gasteiger partial charge in [-0.15, -0.1) is 23.5 Å². The van der Waals surface area contributed by atoms with Gasteiger partial charge in [-0.25, -0.2) is 0 Å². The Kier molecular flexibility index (Phi) is 7.48. The molecule has 1 saturated heterocycles. The third kappa shape index (κ3) is 3.99. The molecule has 0 radical (unpaired) electrons. The van der Waals surface area contributed by atoms with E-state index in [2.05, 4.69) is 0 Å². The summed E-state index contributed by atoms with van der Waals surface area (Å²) >= 11 is 2.94. The summed E-state index contributed by atoms with van der Waals surface area (Å²) in [5.41, 5.74) is 0. The van der Waals surface area contributed by atoms with Crippen molar-refractivity contribution in [1.82, 2.24) is 0 Å². The van der Waals surface area contributed by atoms with Crippen LogP contribution in [0.25, 0.3) is 0 Å². The minimum atomic E-state index is -0.926. The van der Waals surface area contributed by atoms with Gasteiger partial charge in [-0.3, -0.25) is 0 Å². The molecule has 2 nitrogen and oxygen atoms in total. The van der Waals surface area contributed by atoms with E-state index >= 15 is 0 Å². The van der Waals surface area contributed by atoms with Crippen LogP contribution in [-0.2, 0) is 4.79 Å². The number of carbonyl (C=O) groups excluding carboxylic acids is 1. The maximum Gasteiger partial charge on any atom is 1.00 e. The number of carbonyl (C=O) groups is 1. The summed E-state index contributed by atoms with van der Waals surface area (Å²) in [7, 11) is 0. The SMILES string of the molecule is O=C([O-])C1SCCCS1.[K+]. The van der Waals surface area contributed by atoms with Crippen molar-refractivity contribution >= 4 is 29.5 Å². The average Bonchev–Trinajstić information content (AvgIpc) is 1.90. The molecule has 0 spiro atoms. The fourth-order valence-electron chi connectivity index (χ4n) is 0.624. The molecule has 0 aromatic heterocycles. The molecule has 0 bridgehead atoms. The summed E-state index contributed by atoms with van der Waals surface area (Å²) in [4.78, 5) is 10.2. The second-order valence-corrected chi connectivity index (χ2v) is 4.47. The minimum absolute atomic E-state index is 0. The Morgan fingerprint density at radius 3 is 2.20 bits per heavy atom. The standard InChI is InChI=1S/C5H8O2S2.K/c6-4(7)5-8-2-1-3-9-5;/h5H,1-3H2,(H,6,7);/q;+1/p-1. The van der Waals surface area contributed by atoms with Gasteiger partial charge in [0.15, 0.2) is 0 Å². The fraction of sp³-hybridized carbons (Fsp3) is 0.800. The maximum absolute atomic E-state index is 10.2. The second-order valence-electron chi connectivity index (χ2n) is 1.75. The topological polar surface area (TPSA) is 40.1 Å². The molecule has 0 amide bonds. The molecule has 0 saturated carbocycles. The third-order valence-electron chi connectivity index (χ3n) is 1.02. The van der Waals surface area contributed by atoms with Gasteiger partial charge in [0.25, 0.3) is 0 Å². The Bertz CT molecular complexity index is 114. The van der Waals surface area contributed by atoms with Crippen molar-refractivity contribution in [2.45, 2.75) is 11.0 Å². The number of carboxylic acid groups (broad SMARTS) is 1. The number of rotatable bonds is 1. The van der Waals surface area contributed by atoms with E-state index < -0.39 is 5.97 Å². The predicted octanol–water partition coefficient (Wildman–Crippen LogP) is -3.06. The zero-order chi connectivity index (χ0) is 6.69. The Morgan fingerprint density at radius 1 is 1.40 bits per heavy atom. The summed E-state index contributed by atoms with van der Waals surface area (Å²) in [5, 5.41) is 10.2. The molecule has 0 aromatic rings. The van der Waals surface area contributed by atoms with E-state index in [-0.39, 0.29) is 56.0 Å². The van der Waals surface area contributed by atoms with Crippen LogP contribution in [0.1, 0.15) is 6.42 Å². The first-order valence-electron chi connectivity index (χ1n) is 2.75. The van der Waals surface area contributed by atoms with Crippen LogP contribution in [0.5, 0.6) is 0 Å². The van der Waals surface area contributed by atoms with Crippen LogP contribution in [0.3, 0.4) is 0 Å². The summed E-state index contributed by atoms with van der Waals surface area (Å²) < 4.78 is -0.307. The largest absolute Gasteiger partial charge is 1.00 e. The molecule has 1 rings (SSSR count). The average molecular weight is 202 g/mol. The molecule has 1 fully saturated rings. The Balaban J connectivity index is 0.000000810. The van der Waals surface area contributed by atoms with Crippen LogP contribution in [0, 0.1) is 0 Å². The molecule has 0 unspecified atom stereocenters. The van der Waals surface area contributed by atoms with Gasteiger partial charge in [-0.1, -0.05) is 0 Å². The van der Waals surface area contributed by atoms with Gasteiger partial charge < -0.3 is 9.90 Å². The molecule has 52 valence electrons. The van der Waals surface area contributed by atoms with Gasteiger partial charge in [0, 0.05) is 0 Å². The van der Waals surface area contributed by atoms with Gasteiger partial charge in [-0.2, -0.15) is 0 Å². The molecule has 1 aliphatic rings. The molecule has 10 heavy (non-hydrogen) atoms. The predicted molar refractivity (Wildman–Crippen MR) is 38.3 cm³/mol. The fourth-order valence-corrected chi connectivity index (χ4v) is 3.09. The molecule has 0 aromatic carbocycles. The Morgan fingerprint density at radius 2 is 1.90 bits per heavy atom. The van der Waals surface area contributed by atoms with Crippen LogP contribution >= 0.6 is 23.5 Å². The summed E-state index contributed by atoms with van der Waals surface area (Å²) in [6.45, 7) is 0. The maximum atomic E-state index is 10.2. The van der Waals surface area contributed by atoms with Gasteiger partial charge >= 0.3 is 51.4 Å². The van der Waals surface area contributed by atoms with Crippen molar-refractivity contribution in [3.8, 4) is 0 Å². The van der Waals surface area contributed by atoms with E-state index in [9.17, 15) is 9.90 Å². The van der Waals surface area contributed by atoms with E-state index in [4.69, 9.17) is 0 Å². The Labute approximate surface area is 111 Å². The van der Waals surface area contributed by atoms with Crippen LogP contribution in [-0.4, -0.2) is 22.1 Å². The van der Waals surface area contributed by atoms with E-state index in [1.165, 1.54) is 23.5 Å².